The second-order valence-corrected chi connectivity index (χ2v) is 7.99. The Bertz CT molecular complexity index is 921. The Morgan fingerprint density at radius 3 is 2.23 bits per heavy atom. The standard InChI is InChI=1S/C23H29NO6/c1-15-18(12-13-19(25)28-6)16(2)24(22(27)30-23(3,4)5)20(15)21(26)29-14-17-10-8-7-9-11-17/h7-11H,12-14H2,1-6H3. The van der Waals surface area contributed by atoms with Gasteiger partial charge in [-0.05, 0) is 57.7 Å². The number of hydrogen-bond donors (Lipinski definition) is 0. The van der Waals surface area contributed by atoms with Gasteiger partial charge in [0.05, 0.1) is 7.11 Å². The van der Waals surface area contributed by atoms with Gasteiger partial charge < -0.3 is 14.2 Å². The molecule has 0 saturated heterocycles. The number of rotatable bonds is 6. The number of aromatic nitrogens is 1. The summed E-state index contributed by atoms with van der Waals surface area (Å²) in [6, 6.07) is 9.28. The average molecular weight is 415 g/mol. The fraction of sp³-hybridized carbons (Fsp3) is 0.435. The highest BCUT2D eigenvalue weighted by molar-refractivity contribution is 5.95. The Morgan fingerprint density at radius 2 is 1.67 bits per heavy atom. The predicted molar refractivity (Wildman–Crippen MR) is 111 cm³/mol. The summed E-state index contributed by atoms with van der Waals surface area (Å²) in [5, 5.41) is 0. The third-order valence-corrected chi connectivity index (χ3v) is 4.59. The summed E-state index contributed by atoms with van der Waals surface area (Å²) in [6.07, 6.45) is -0.201. The highest BCUT2D eigenvalue weighted by atomic mass is 16.6. The van der Waals surface area contributed by atoms with Gasteiger partial charge in [-0.2, -0.15) is 0 Å². The van der Waals surface area contributed by atoms with E-state index in [0.717, 1.165) is 11.1 Å². The van der Waals surface area contributed by atoms with E-state index in [0.29, 0.717) is 17.7 Å². The topological polar surface area (TPSA) is 83.8 Å². The van der Waals surface area contributed by atoms with Crippen LogP contribution in [0.2, 0.25) is 0 Å². The molecule has 0 bridgehead atoms. The minimum absolute atomic E-state index is 0.0785. The van der Waals surface area contributed by atoms with Gasteiger partial charge in [0.15, 0.2) is 0 Å². The number of benzene rings is 1. The molecule has 30 heavy (non-hydrogen) atoms. The van der Waals surface area contributed by atoms with Gasteiger partial charge in [-0.3, -0.25) is 4.79 Å². The first-order valence-electron chi connectivity index (χ1n) is 9.77. The molecule has 162 valence electrons. The summed E-state index contributed by atoms with van der Waals surface area (Å²) in [5.41, 5.74) is 2.05. The molecule has 7 heteroatoms. The van der Waals surface area contributed by atoms with Crippen LogP contribution in [0, 0.1) is 13.8 Å². The number of ether oxygens (including phenoxy) is 3. The van der Waals surface area contributed by atoms with Crippen LogP contribution in [0.3, 0.4) is 0 Å². The first-order chi connectivity index (χ1) is 14.0. The van der Waals surface area contributed by atoms with Crippen molar-refractivity contribution in [2.75, 3.05) is 7.11 Å². The van der Waals surface area contributed by atoms with Crippen molar-refractivity contribution < 1.29 is 28.6 Å². The Hall–Kier alpha value is -3.09. The molecule has 0 aliphatic heterocycles. The zero-order chi connectivity index (χ0) is 22.5. The van der Waals surface area contributed by atoms with Crippen LogP contribution in [0.1, 0.15) is 60.1 Å². The second-order valence-electron chi connectivity index (χ2n) is 7.99. The number of nitrogens with zero attached hydrogens (tertiary/aromatic N) is 1. The minimum Gasteiger partial charge on any atom is -0.469 e. The van der Waals surface area contributed by atoms with Crippen LogP contribution < -0.4 is 0 Å². The molecular formula is C23H29NO6. The maximum absolute atomic E-state index is 12.9. The van der Waals surface area contributed by atoms with Crippen LogP contribution in [-0.2, 0) is 32.0 Å². The first-order valence-corrected chi connectivity index (χ1v) is 9.77. The minimum atomic E-state index is -0.737. The van der Waals surface area contributed by atoms with E-state index in [1.165, 1.54) is 11.7 Å². The largest absolute Gasteiger partial charge is 0.469 e. The van der Waals surface area contributed by atoms with E-state index in [4.69, 9.17) is 14.2 Å². The smallest absolute Gasteiger partial charge is 0.419 e. The molecule has 0 unspecified atom stereocenters. The van der Waals surface area contributed by atoms with Gasteiger partial charge in [-0.25, -0.2) is 14.2 Å². The highest BCUT2D eigenvalue weighted by Crippen LogP contribution is 2.26. The summed E-state index contributed by atoms with van der Waals surface area (Å²) >= 11 is 0. The lowest BCUT2D eigenvalue weighted by Crippen LogP contribution is -2.30. The monoisotopic (exact) mass is 415 g/mol. The number of methoxy groups -OCH3 is 1. The highest BCUT2D eigenvalue weighted by Gasteiger charge is 2.30. The molecule has 2 rings (SSSR count). The molecule has 2 aromatic rings. The van der Waals surface area contributed by atoms with Crippen LogP contribution in [-0.4, -0.2) is 35.3 Å². The Labute approximate surface area is 176 Å². The molecule has 1 heterocycles. The van der Waals surface area contributed by atoms with Gasteiger partial charge in [0, 0.05) is 12.1 Å². The molecule has 0 aliphatic rings. The molecule has 0 atom stereocenters. The van der Waals surface area contributed by atoms with Gasteiger partial charge in [-0.1, -0.05) is 30.3 Å². The lowest BCUT2D eigenvalue weighted by molar-refractivity contribution is -0.140. The van der Waals surface area contributed by atoms with E-state index in [-0.39, 0.29) is 24.7 Å². The van der Waals surface area contributed by atoms with E-state index in [1.54, 1.807) is 34.6 Å². The maximum Gasteiger partial charge on any atom is 0.419 e. The summed E-state index contributed by atoms with van der Waals surface area (Å²) in [5.74, 6) is -0.998. The average Bonchev–Trinajstić information content (AvgIpc) is 2.93. The van der Waals surface area contributed by atoms with Crippen molar-refractivity contribution in [3.05, 3.63) is 58.4 Å². The van der Waals surface area contributed by atoms with Crippen molar-refractivity contribution in [2.24, 2.45) is 0 Å². The third-order valence-electron chi connectivity index (χ3n) is 4.59. The van der Waals surface area contributed by atoms with Crippen LogP contribution >= 0.6 is 0 Å². The van der Waals surface area contributed by atoms with E-state index >= 15 is 0 Å². The lowest BCUT2D eigenvalue weighted by Gasteiger charge is -2.21. The second kappa shape index (κ2) is 9.61. The SMILES string of the molecule is COC(=O)CCc1c(C)c(C(=O)OCc2ccccc2)n(C(=O)OC(C)(C)C)c1C. The zero-order valence-corrected chi connectivity index (χ0v) is 18.4. The summed E-state index contributed by atoms with van der Waals surface area (Å²) in [6.45, 7) is 8.79. The molecule has 0 N–H and O–H groups in total. The van der Waals surface area contributed by atoms with E-state index in [1.807, 2.05) is 30.3 Å². The fourth-order valence-electron chi connectivity index (χ4n) is 3.15. The molecule has 0 spiro atoms. The fourth-order valence-corrected chi connectivity index (χ4v) is 3.15. The molecule has 7 nitrogen and oxygen atoms in total. The van der Waals surface area contributed by atoms with Crippen LogP contribution in [0.15, 0.2) is 30.3 Å². The number of carbonyl (C=O) groups is 3. The first kappa shape index (κ1) is 23.2. The van der Waals surface area contributed by atoms with Crippen molar-refractivity contribution in [1.82, 2.24) is 4.57 Å². The zero-order valence-electron chi connectivity index (χ0n) is 18.4. The van der Waals surface area contributed by atoms with Gasteiger partial charge in [0.2, 0.25) is 0 Å². The van der Waals surface area contributed by atoms with E-state index in [2.05, 4.69) is 0 Å². The predicted octanol–water partition coefficient (Wildman–Crippen LogP) is 4.35. The normalized spacial score (nSPS) is 11.1. The summed E-state index contributed by atoms with van der Waals surface area (Å²) < 4.78 is 16.9. The Kier molecular flexibility index (Phi) is 7.43. The van der Waals surface area contributed by atoms with Crippen LogP contribution in [0.5, 0.6) is 0 Å². The quantitative estimate of drug-likeness (QED) is 0.515. The van der Waals surface area contributed by atoms with Crippen molar-refractivity contribution in [3.8, 4) is 0 Å². The third kappa shape index (κ3) is 5.72. The van der Waals surface area contributed by atoms with Crippen molar-refractivity contribution in [2.45, 2.75) is 59.7 Å². The number of carbonyl (C=O) groups excluding carboxylic acids is 3. The van der Waals surface area contributed by atoms with Crippen LogP contribution in [0.4, 0.5) is 4.79 Å². The van der Waals surface area contributed by atoms with Gasteiger partial charge >= 0.3 is 18.0 Å². The number of hydrogen-bond acceptors (Lipinski definition) is 6. The van der Waals surface area contributed by atoms with Crippen LogP contribution in [0.25, 0.3) is 0 Å². The summed E-state index contributed by atoms with van der Waals surface area (Å²) in [7, 11) is 1.32. The molecule has 0 fully saturated rings. The van der Waals surface area contributed by atoms with Crippen molar-refractivity contribution in [3.63, 3.8) is 0 Å². The molecule has 0 radical (unpaired) electrons. The number of esters is 2. The molecule has 1 aromatic heterocycles. The van der Waals surface area contributed by atoms with Crippen molar-refractivity contribution >= 4 is 18.0 Å². The lowest BCUT2D eigenvalue weighted by atomic mass is 10.1. The van der Waals surface area contributed by atoms with Gasteiger partial charge in [0.25, 0.3) is 0 Å². The van der Waals surface area contributed by atoms with E-state index in [9.17, 15) is 14.4 Å². The van der Waals surface area contributed by atoms with Crippen molar-refractivity contribution in [1.29, 1.82) is 0 Å². The molecular weight excluding hydrogens is 386 g/mol. The molecule has 0 aliphatic carbocycles. The Morgan fingerprint density at radius 1 is 1.03 bits per heavy atom. The molecule has 1 aromatic carbocycles. The van der Waals surface area contributed by atoms with Gasteiger partial charge in [-0.15, -0.1) is 0 Å². The molecule has 0 saturated carbocycles. The summed E-state index contributed by atoms with van der Waals surface area (Å²) in [4.78, 5) is 37.4. The maximum atomic E-state index is 12.9. The molecule has 0 amide bonds. The Balaban J connectivity index is 2.40. The van der Waals surface area contributed by atoms with Gasteiger partial charge in [0.1, 0.15) is 17.9 Å². The van der Waals surface area contributed by atoms with E-state index < -0.39 is 17.7 Å².